The van der Waals surface area contributed by atoms with E-state index in [4.69, 9.17) is 10.5 Å². The van der Waals surface area contributed by atoms with Crippen molar-refractivity contribution in [1.29, 1.82) is 0 Å². The summed E-state index contributed by atoms with van der Waals surface area (Å²) in [4.78, 5) is 26.8. The quantitative estimate of drug-likeness (QED) is 0.400. The molecule has 0 spiro atoms. The van der Waals surface area contributed by atoms with Gasteiger partial charge in [0.15, 0.2) is 0 Å². The van der Waals surface area contributed by atoms with Crippen molar-refractivity contribution in [3.05, 3.63) is 76.2 Å². The molecule has 0 fully saturated rings. The molecule has 1 aromatic heterocycles. The highest BCUT2D eigenvalue weighted by Crippen LogP contribution is 2.30. The zero-order valence-corrected chi connectivity index (χ0v) is 20.5. The highest BCUT2D eigenvalue weighted by atomic mass is 32.1. The molecule has 2 amide bonds. The van der Waals surface area contributed by atoms with Crippen molar-refractivity contribution in [3.8, 4) is 10.4 Å². The molecule has 3 aromatic rings. The van der Waals surface area contributed by atoms with Gasteiger partial charge in [-0.15, -0.1) is 11.3 Å². The zero-order chi connectivity index (χ0) is 24.2. The molecule has 174 valence electrons. The number of carbonyl (C=O) groups is 2. The minimum Gasteiger partial charge on any atom is -0.444 e. The van der Waals surface area contributed by atoms with Crippen molar-refractivity contribution in [2.45, 2.75) is 52.8 Å². The molecule has 0 saturated carbocycles. The monoisotopic (exact) mass is 465 g/mol. The Morgan fingerprint density at radius 1 is 1.09 bits per heavy atom. The van der Waals surface area contributed by atoms with E-state index in [-0.39, 0.29) is 11.9 Å². The second-order valence-corrected chi connectivity index (χ2v) is 10.2. The van der Waals surface area contributed by atoms with Crippen LogP contribution in [0, 0.1) is 6.92 Å². The largest absolute Gasteiger partial charge is 0.444 e. The molecular formula is C26H31N3O3S. The first-order chi connectivity index (χ1) is 15.5. The molecule has 33 heavy (non-hydrogen) atoms. The Morgan fingerprint density at radius 3 is 2.58 bits per heavy atom. The minimum absolute atomic E-state index is 0.149. The number of nitrogens with two attached hydrogens (primary N) is 1. The Labute approximate surface area is 199 Å². The number of rotatable bonds is 6. The number of anilines is 1. The van der Waals surface area contributed by atoms with Crippen molar-refractivity contribution < 1.29 is 14.3 Å². The molecule has 0 unspecified atom stereocenters. The van der Waals surface area contributed by atoms with E-state index < -0.39 is 11.7 Å². The maximum absolute atomic E-state index is 12.8. The molecule has 6 nitrogen and oxygen atoms in total. The van der Waals surface area contributed by atoms with Gasteiger partial charge >= 0.3 is 6.09 Å². The van der Waals surface area contributed by atoms with Gasteiger partial charge in [-0.25, -0.2) is 4.79 Å². The molecule has 4 N–H and O–H groups in total. The number of amides is 2. The Balaban J connectivity index is 1.66. The first kappa shape index (κ1) is 24.3. The van der Waals surface area contributed by atoms with Gasteiger partial charge < -0.3 is 21.1 Å². The molecule has 1 heterocycles. The van der Waals surface area contributed by atoms with Crippen LogP contribution in [-0.2, 0) is 11.3 Å². The van der Waals surface area contributed by atoms with Gasteiger partial charge in [0.2, 0.25) is 0 Å². The summed E-state index contributed by atoms with van der Waals surface area (Å²) < 4.78 is 5.28. The number of hydrogen-bond acceptors (Lipinski definition) is 5. The smallest absolute Gasteiger partial charge is 0.407 e. The second-order valence-electron chi connectivity index (χ2n) is 9.02. The minimum atomic E-state index is -0.525. The van der Waals surface area contributed by atoms with Crippen molar-refractivity contribution in [3.63, 3.8) is 0 Å². The van der Waals surface area contributed by atoms with Crippen LogP contribution in [0.3, 0.4) is 0 Å². The Morgan fingerprint density at radius 2 is 1.85 bits per heavy atom. The summed E-state index contributed by atoms with van der Waals surface area (Å²) in [6, 6.07) is 17.3. The SMILES string of the molecule is Cc1ccc(N)cc1C(=O)N[C@H](C)c1cccc(-c2ccc(CNC(=O)OC(C)(C)C)s2)c1. The van der Waals surface area contributed by atoms with Gasteiger partial charge in [-0.1, -0.05) is 24.3 Å². The number of alkyl carbamates (subject to hydrolysis) is 1. The van der Waals surface area contributed by atoms with E-state index >= 15 is 0 Å². The lowest BCUT2D eigenvalue weighted by Gasteiger charge is -2.19. The lowest BCUT2D eigenvalue weighted by atomic mass is 10.0. The number of carbonyl (C=O) groups excluding carboxylic acids is 2. The molecule has 2 aromatic carbocycles. The second kappa shape index (κ2) is 10.1. The topological polar surface area (TPSA) is 93.5 Å². The van der Waals surface area contributed by atoms with Gasteiger partial charge in [-0.2, -0.15) is 0 Å². The van der Waals surface area contributed by atoms with Crippen molar-refractivity contribution in [2.75, 3.05) is 5.73 Å². The van der Waals surface area contributed by atoms with E-state index in [2.05, 4.69) is 16.7 Å². The van der Waals surface area contributed by atoms with E-state index in [1.54, 1.807) is 23.5 Å². The van der Waals surface area contributed by atoms with Crippen LogP contribution in [0.5, 0.6) is 0 Å². The third kappa shape index (κ3) is 6.83. The van der Waals surface area contributed by atoms with Crippen LogP contribution in [0.1, 0.15) is 60.1 Å². The number of aryl methyl sites for hydroxylation is 1. The highest BCUT2D eigenvalue weighted by molar-refractivity contribution is 7.15. The molecule has 7 heteroatoms. The first-order valence-corrected chi connectivity index (χ1v) is 11.7. The molecule has 1 atom stereocenters. The molecular weight excluding hydrogens is 434 g/mol. The number of ether oxygens (including phenoxy) is 1. The summed E-state index contributed by atoms with van der Waals surface area (Å²) in [5, 5.41) is 5.85. The summed E-state index contributed by atoms with van der Waals surface area (Å²) in [5.74, 6) is -0.149. The normalized spacial score (nSPS) is 12.2. The van der Waals surface area contributed by atoms with Crippen LogP contribution < -0.4 is 16.4 Å². The molecule has 0 bridgehead atoms. The summed E-state index contributed by atoms with van der Waals surface area (Å²) in [7, 11) is 0. The Hall–Kier alpha value is -3.32. The van der Waals surface area contributed by atoms with Crippen LogP contribution in [0.4, 0.5) is 10.5 Å². The van der Waals surface area contributed by atoms with Crippen LogP contribution in [-0.4, -0.2) is 17.6 Å². The van der Waals surface area contributed by atoms with Crippen LogP contribution in [0.2, 0.25) is 0 Å². The van der Waals surface area contributed by atoms with Crippen molar-refractivity contribution in [1.82, 2.24) is 10.6 Å². The van der Waals surface area contributed by atoms with Gasteiger partial charge in [0, 0.05) is 21.0 Å². The lowest BCUT2D eigenvalue weighted by Crippen LogP contribution is -2.31. The molecule has 0 aliphatic carbocycles. The van der Waals surface area contributed by atoms with Crippen molar-refractivity contribution >= 4 is 29.0 Å². The van der Waals surface area contributed by atoms with Crippen molar-refractivity contribution in [2.24, 2.45) is 0 Å². The third-order valence-corrected chi connectivity index (χ3v) is 6.13. The van der Waals surface area contributed by atoms with Crippen LogP contribution in [0.25, 0.3) is 10.4 Å². The van der Waals surface area contributed by atoms with Crippen LogP contribution in [0.15, 0.2) is 54.6 Å². The fraction of sp³-hybridized carbons (Fsp3) is 0.308. The molecule has 0 saturated heterocycles. The first-order valence-electron chi connectivity index (χ1n) is 10.8. The summed E-state index contributed by atoms with van der Waals surface area (Å²) in [5.41, 5.74) is 9.42. The van der Waals surface area contributed by atoms with E-state index in [1.165, 1.54) is 0 Å². The van der Waals surface area contributed by atoms with Crippen LogP contribution >= 0.6 is 11.3 Å². The maximum atomic E-state index is 12.8. The highest BCUT2D eigenvalue weighted by Gasteiger charge is 2.17. The standard InChI is InChI=1S/C26H31N3O3S/c1-16-9-10-20(27)14-22(16)24(30)29-17(2)18-7-6-8-19(13-18)23-12-11-21(33-23)15-28-25(31)32-26(3,4)5/h6-14,17H,15,27H2,1-5H3,(H,28,31)(H,29,30)/t17-/m1/s1. The third-order valence-electron chi connectivity index (χ3n) is 4.99. The van der Waals surface area contributed by atoms with E-state index in [0.29, 0.717) is 17.8 Å². The van der Waals surface area contributed by atoms with E-state index in [9.17, 15) is 9.59 Å². The number of nitrogen functional groups attached to an aromatic ring is 1. The van der Waals surface area contributed by atoms with Gasteiger partial charge in [-0.05, 0) is 81.6 Å². The fourth-order valence-corrected chi connectivity index (χ4v) is 4.25. The zero-order valence-electron chi connectivity index (χ0n) is 19.7. The molecule has 0 radical (unpaired) electrons. The number of hydrogen-bond donors (Lipinski definition) is 3. The Bertz CT molecular complexity index is 1150. The summed E-state index contributed by atoms with van der Waals surface area (Å²) in [6.07, 6.45) is -0.431. The Kier molecular flexibility index (Phi) is 7.43. The van der Waals surface area contributed by atoms with E-state index in [0.717, 1.165) is 26.4 Å². The summed E-state index contributed by atoms with van der Waals surface area (Å²) >= 11 is 1.61. The predicted octanol–water partition coefficient (Wildman–Crippen LogP) is 5.82. The molecule has 0 aliphatic heterocycles. The van der Waals surface area contributed by atoms with Gasteiger partial charge in [0.1, 0.15) is 5.60 Å². The van der Waals surface area contributed by atoms with Gasteiger partial charge in [0.05, 0.1) is 12.6 Å². The average molecular weight is 466 g/mol. The molecule has 3 rings (SSSR count). The molecule has 0 aliphatic rings. The average Bonchev–Trinajstić information content (AvgIpc) is 3.22. The number of thiophene rings is 1. The summed E-state index contributed by atoms with van der Waals surface area (Å²) in [6.45, 7) is 9.77. The van der Waals surface area contributed by atoms with E-state index in [1.807, 2.05) is 71.0 Å². The maximum Gasteiger partial charge on any atom is 0.407 e. The number of benzene rings is 2. The number of nitrogens with one attached hydrogen (secondary N) is 2. The van der Waals surface area contributed by atoms with Gasteiger partial charge in [0.25, 0.3) is 5.91 Å². The van der Waals surface area contributed by atoms with Gasteiger partial charge in [-0.3, -0.25) is 4.79 Å². The lowest BCUT2D eigenvalue weighted by molar-refractivity contribution is 0.0524. The predicted molar refractivity (Wildman–Crippen MR) is 134 cm³/mol. The fourth-order valence-electron chi connectivity index (χ4n) is 3.30.